The Balaban J connectivity index is 2.30. The number of H-pyrrole nitrogens is 1. The maximum absolute atomic E-state index is 11.1. The van der Waals surface area contributed by atoms with E-state index in [0.29, 0.717) is 11.6 Å². The van der Waals surface area contributed by atoms with Crippen molar-refractivity contribution in [3.63, 3.8) is 0 Å². The zero-order valence-electron chi connectivity index (χ0n) is 7.24. The molecule has 0 bridgehead atoms. The van der Waals surface area contributed by atoms with E-state index in [2.05, 4.69) is 15.5 Å². The minimum absolute atomic E-state index is 0.153. The molecule has 1 amide bonds. The topological polar surface area (TPSA) is 74.8 Å². The fraction of sp³-hybridized carbons (Fsp3) is 0.429. The first-order chi connectivity index (χ1) is 6.18. The summed E-state index contributed by atoms with van der Waals surface area (Å²) in [5, 5.41) is 8.85. The lowest BCUT2D eigenvalue weighted by Crippen LogP contribution is -2.14. The summed E-state index contributed by atoms with van der Waals surface area (Å²) in [7, 11) is -0.921. The Hall–Kier alpha value is -1.17. The van der Waals surface area contributed by atoms with Crippen LogP contribution in [0.1, 0.15) is 6.42 Å². The number of amides is 1. The van der Waals surface area contributed by atoms with Gasteiger partial charge in [0, 0.05) is 35.3 Å². The molecule has 0 spiro atoms. The maximum atomic E-state index is 11.1. The van der Waals surface area contributed by atoms with Crippen molar-refractivity contribution in [1.29, 1.82) is 0 Å². The van der Waals surface area contributed by atoms with Crippen molar-refractivity contribution in [2.45, 2.75) is 6.42 Å². The number of nitrogens with one attached hydrogen (secondary N) is 2. The van der Waals surface area contributed by atoms with Crippen LogP contribution in [0.3, 0.4) is 0 Å². The van der Waals surface area contributed by atoms with Crippen molar-refractivity contribution in [2.75, 3.05) is 17.3 Å². The van der Waals surface area contributed by atoms with Crippen LogP contribution in [0.2, 0.25) is 0 Å². The van der Waals surface area contributed by atoms with Crippen LogP contribution >= 0.6 is 0 Å². The summed E-state index contributed by atoms with van der Waals surface area (Å²) >= 11 is 0. The Morgan fingerprint density at radius 1 is 1.77 bits per heavy atom. The smallest absolute Gasteiger partial charge is 0.226 e. The van der Waals surface area contributed by atoms with Gasteiger partial charge in [0.2, 0.25) is 5.91 Å². The largest absolute Gasteiger partial charge is 0.311 e. The molecule has 72 valence electrons. The lowest BCUT2D eigenvalue weighted by atomic mass is 10.4. The normalized spacial score (nSPS) is 12.4. The summed E-state index contributed by atoms with van der Waals surface area (Å²) in [5.41, 5.74) is 0. The summed E-state index contributed by atoms with van der Waals surface area (Å²) < 4.78 is 10.7. The van der Waals surface area contributed by atoms with Crippen LogP contribution in [-0.2, 0) is 15.6 Å². The molecular weight excluding hydrogens is 190 g/mol. The van der Waals surface area contributed by atoms with Crippen LogP contribution < -0.4 is 5.32 Å². The molecule has 1 aromatic rings. The molecule has 0 aliphatic heterocycles. The molecule has 1 rings (SSSR count). The van der Waals surface area contributed by atoms with Gasteiger partial charge in [0.05, 0.1) is 6.20 Å². The van der Waals surface area contributed by atoms with E-state index in [9.17, 15) is 9.00 Å². The highest BCUT2D eigenvalue weighted by atomic mass is 32.2. The number of rotatable bonds is 4. The van der Waals surface area contributed by atoms with Crippen LogP contribution in [0.4, 0.5) is 5.82 Å². The molecule has 1 aromatic heterocycles. The van der Waals surface area contributed by atoms with Crippen molar-refractivity contribution in [3.05, 3.63) is 12.3 Å². The number of hydrogen-bond acceptors (Lipinski definition) is 3. The molecule has 0 fully saturated rings. The van der Waals surface area contributed by atoms with Gasteiger partial charge in [-0.15, -0.1) is 0 Å². The van der Waals surface area contributed by atoms with E-state index in [1.165, 1.54) is 0 Å². The fourth-order valence-electron chi connectivity index (χ4n) is 0.775. The van der Waals surface area contributed by atoms with Gasteiger partial charge in [-0.3, -0.25) is 14.1 Å². The molecule has 0 saturated heterocycles. The van der Waals surface area contributed by atoms with Crippen molar-refractivity contribution < 1.29 is 9.00 Å². The van der Waals surface area contributed by atoms with Crippen LogP contribution in [-0.4, -0.2) is 32.3 Å². The van der Waals surface area contributed by atoms with E-state index in [1.54, 1.807) is 18.5 Å². The van der Waals surface area contributed by atoms with Crippen LogP contribution in [0.15, 0.2) is 12.3 Å². The Kier molecular flexibility index (Phi) is 3.63. The first-order valence-corrected chi connectivity index (χ1v) is 5.50. The van der Waals surface area contributed by atoms with Gasteiger partial charge in [0.25, 0.3) is 0 Å². The summed E-state index contributed by atoms with van der Waals surface area (Å²) in [6, 6.07) is 1.65. The summed E-state index contributed by atoms with van der Waals surface area (Å²) in [6.45, 7) is 0. The summed E-state index contributed by atoms with van der Waals surface area (Å²) in [4.78, 5) is 11.1. The predicted molar refractivity (Wildman–Crippen MR) is 50.8 cm³/mol. The number of anilines is 1. The SMILES string of the molecule is CS(=O)CCC(=O)Nc1ccn[nH]1. The molecule has 1 heterocycles. The molecule has 1 atom stereocenters. The lowest BCUT2D eigenvalue weighted by Gasteiger charge is -1.99. The van der Waals surface area contributed by atoms with Crippen LogP contribution in [0, 0.1) is 0 Å². The number of hydrogen-bond donors (Lipinski definition) is 2. The Labute approximate surface area is 78.4 Å². The molecule has 0 aliphatic rings. The van der Waals surface area contributed by atoms with E-state index in [0.717, 1.165) is 0 Å². The van der Waals surface area contributed by atoms with Gasteiger partial charge in [0.1, 0.15) is 5.82 Å². The first-order valence-electron chi connectivity index (χ1n) is 3.78. The quantitative estimate of drug-likeness (QED) is 0.726. The average Bonchev–Trinajstić information content (AvgIpc) is 2.53. The summed E-state index contributed by atoms with van der Waals surface area (Å²) in [5.74, 6) is 0.798. The summed E-state index contributed by atoms with van der Waals surface area (Å²) in [6.07, 6.45) is 3.39. The Morgan fingerprint density at radius 3 is 3.08 bits per heavy atom. The van der Waals surface area contributed by atoms with Crippen molar-refractivity contribution >= 4 is 22.5 Å². The third-order valence-corrected chi connectivity index (χ3v) is 2.17. The van der Waals surface area contributed by atoms with E-state index < -0.39 is 10.8 Å². The van der Waals surface area contributed by atoms with Crippen LogP contribution in [0.25, 0.3) is 0 Å². The van der Waals surface area contributed by atoms with Gasteiger partial charge >= 0.3 is 0 Å². The fourth-order valence-corrected chi connectivity index (χ4v) is 1.25. The van der Waals surface area contributed by atoms with E-state index in [1.807, 2.05) is 0 Å². The molecule has 1 unspecified atom stereocenters. The second kappa shape index (κ2) is 4.76. The number of carbonyl (C=O) groups excluding carboxylic acids is 1. The monoisotopic (exact) mass is 201 g/mol. The van der Waals surface area contributed by atoms with E-state index >= 15 is 0 Å². The molecule has 5 nitrogen and oxygen atoms in total. The van der Waals surface area contributed by atoms with Gasteiger partial charge < -0.3 is 5.32 Å². The van der Waals surface area contributed by atoms with E-state index in [-0.39, 0.29) is 12.3 Å². The predicted octanol–water partition coefficient (Wildman–Crippen LogP) is 0.117. The maximum Gasteiger partial charge on any atom is 0.226 e. The molecule has 0 saturated carbocycles. The van der Waals surface area contributed by atoms with Crippen molar-refractivity contribution in [2.24, 2.45) is 0 Å². The molecule has 0 aliphatic carbocycles. The minimum Gasteiger partial charge on any atom is -0.311 e. The van der Waals surface area contributed by atoms with Crippen LogP contribution in [0.5, 0.6) is 0 Å². The highest BCUT2D eigenvalue weighted by Crippen LogP contribution is 1.99. The van der Waals surface area contributed by atoms with Gasteiger partial charge in [-0.05, 0) is 0 Å². The third-order valence-electron chi connectivity index (χ3n) is 1.39. The molecule has 6 heteroatoms. The van der Waals surface area contributed by atoms with Crippen molar-refractivity contribution in [1.82, 2.24) is 10.2 Å². The molecule has 2 N–H and O–H groups in total. The van der Waals surface area contributed by atoms with E-state index in [4.69, 9.17) is 0 Å². The van der Waals surface area contributed by atoms with Gasteiger partial charge in [-0.1, -0.05) is 0 Å². The van der Waals surface area contributed by atoms with Gasteiger partial charge in [0.15, 0.2) is 0 Å². The Morgan fingerprint density at radius 2 is 2.54 bits per heavy atom. The number of aromatic nitrogens is 2. The lowest BCUT2D eigenvalue weighted by molar-refractivity contribution is -0.115. The van der Waals surface area contributed by atoms with Gasteiger partial charge in [-0.25, -0.2) is 0 Å². The number of carbonyl (C=O) groups is 1. The second-order valence-electron chi connectivity index (χ2n) is 2.55. The van der Waals surface area contributed by atoms with Crippen molar-refractivity contribution in [3.8, 4) is 0 Å². The third kappa shape index (κ3) is 3.84. The molecule has 0 aromatic carbocycles. The highest BCUT2D eigenvalue weighted by molar-refractivity contribution is 7.84. The zero-order chi connectivity index (χ0) is 9.68. The molecular formula is C7H11N3O2S. The molecule has 0 radical (unpaired) electrons. The minimum atomic E-state index is -0.921. The highest BCUT2D eigenvalue weighted by Gasteiger charge is 2.03. The molecule has 13 heavy (non-hydrogen) atoms. The Bertz CT molecular complexity index is 297. The zero-order valence-corrected chi connectivity index (χ0v) is 8.06. The average molecular weight is 201 g/mol. The first kappa shape index (κ1) is 9.91. The number of nitrogens with zero attached hydrogens (tertiary/aromatic N) is 1. The van der Waals surface area contributed by atoms with Gasteiger partial charge in [-0.2, -0.15) is 5.10 Å². The standard InChI is InChI=1S/C7H11N3O2S/c1-13(12)5-3-7(11)9-6-2-4-8-10-6/h2,4H,3,5H2,1H3,(H2,8,9,10,11). The second-order valence-corrected chi connectivity index (χ2v) is 4.10. The number of aromatic amines is 1.